The first-order valence-electron chi connectivity index (χ1n) is 9.13. The van der Waals surface area contributed by atoms with E-state index >= 15 is 0 Å². The Labute approximate surface area is 172 Å². The number of hydrogen-bond donors (Lipinski definition) is 0. The van der Waals surface area contributed by atoms with E-state index in [4.69, 9.17) is 9.15 Å². The molecule has 4 aromatic rings. The maximum absolute atomic E-state index is 12.2. The van der Waals surface area contributed by atoms with Gasteiger partial charge < -0.3 is 9.15 Å². The molecule has 29 heavy (non-hydrogen) atoms. The summed E-state index contributed by atoms with van der Waals surface area (Å²) in [5.41, 5.74) is 4.83. The molecule has 0 aliphatic carbocycles. The zero-order valence-electron chi connectivity index (χ0n) is 16.1. The molecule has 0 fully saturated rings. The molecule has 0 radical (unpaired) electrons. The van der Waals surface area contributed by atoms with Crippen LogP contribution in [0.1, 0.15) is 22.7 Å². The lowest BCUT2D eigenvalue weighted by Crippen LogP contribution is -2.08. The third kappa shape index (κ3) is 4.75. The Morgan fingerprint density at radius 3 is 2.52 bits per heavy atom. The van der Waals surface area contributed by atoms with E-state index in [0.717, 1.165) is 21.7 Å². The van der Waals surface area contributed by atoms with Gasteiger partial charge in [-0.05, 0) is 32.0 Å². The molecule has 0 saturated carbocycles. The van der Waals surface area contributed by atoms with Crippen molar-refractivity contribution in [3.63, 3.8) is 0 Å². The second-order valence-electron chi connectivity index (χ2n) is 6.72. The molecule has 146 valence electrons. The molecule has 0 bridgehead atoms. The fourth-order valence-electron chi connectivity index (χ4n) is 2.85. The quantitative estimate of drug-likeness (QED) is 0.430. The molecule has 0 aliphatic rings. The zero-order valence-corrected chi connectivity index (χ0v) is 16.9. The van der Waals surface area contributed by atoms with Crippen molar-refractivity contribution in [3.8, 4) is 22.0 Å². The van der Waals surface area contributed by atoms with Crippen LogP contribution in [0, 0.1) is 13.8 Å². The van der Waals surface area contributed by atoms with Crippen LogP contribution in [-0.2, 0) is 22.6 Å². The fourth-order valence-corrected chi connectivity index (χ4v) is 3.66. The Morgan fingerprint density at radius 1 is 1.03 bits per heavy atom. The van der Waals surface area contributed by atoms with Gasteiger partial charge in [0, 0.05) is 16.5 Å². The first-order valence-corrected chi connectivity index (χ1v) is 10.0. The van der Waals surface area contributed by atoms with Gasteiger partial charge in [-0.25, -0.2) is 4.98 Å². The van der Waals surface area contributed by atoms with Gasteiger partial charge in [0.25, 0.3) is 5.89 Å². The Kier molecular flexibility index (Phi) is 5.48. The van der Waals surface area contributed by atoms with E-state index < -0.39 is 0 Å². The second-order valence-corrected chi connectivity index (χ2v) is 7.58. The van der Waals surface area contributed by atoms with E-state index in [-0.39, 0.29) is 24.9 Å². The topological polar surface area (TPSA) is 78.1 Å². The van der Waals surface area contributed by atoms with Gasteiger partial charge in [-0.2, -0.15) is 0 Å². The molecule has 4 rings (SSSR count). The highest BCUT2D eigenvalue weighted by Crippen LogP contribution is 2.25. The highest BCUT2D eigenvalue weighted by molar-refractivity contribution is 7.13. The molecular formula is C22H19N3O3S. The third-order valence-electron chi connectivity index (χ3n) is 4.23. The van der Waals surface area contributed by atoms with Gasteiger partial charge in [0.15, 0.2) is 6.61 Å². The Hall–Kier alpha value is -3.32. The minimum absolute atomic E-state index is 0.0630. The normalized spacial score (nSPS) is 10.8. The Balaban J connectivity index is 1.34. The average Bonchev–Trinajstić information content (AvgIpc) is 3.36. The summed E-state index contributed by atoms with van der Waals surface area (Å²) < 4.78 is 10.9. The standard InChI is InChI=1S/C22H19N3O3S/c1-14-5-3-7-16(9-14)21-25-24-19(28-21)12-27-20(26)11-18-13-29-22(23-18)17-8-4-6-15(2)10-17/h3-10,13H,11-12H2,1-2H3. The monoisotopic (exact) mass is 405 g/mol. The van der Waals surface area contributed by atoms with Crippen molar-refractivity contribution in [3.05, 3.63) is 76.6 Å². The van der Waals surface area contributed by atoms with Crippen LogP contribution in [0.25, 0.3) is 22.0 Å². The molecule has 0 spiro atoms. The van der Waals surface area contributed by atoms with Crippen molar-refractivity contribution in [2.75, 3.05) is 0 Å². The summed E-state index contributed by atoms with van der Waals surface area (Å²) in [6.45, 7) is 3.97. The third-order valence-corrected chi connectivity index (χ3v) is 5.17. The molecule has 2 aromatic heterocycles. The largest absolute Gasteiger partial charge is 0.455 e. The van der Waals surface area contributed by atoms with Crippen molar-refractivity contribution in [2.24, 2.45) is 0 Å². The zero-order chi connectivity index (χ0) is 20.2. The predicted molar refractivity (Wildman–Crippen MR) is 110 cm³/mol. The van der Waals surface area contributed by atoms with E-state index in [1.165, 1.54) is 16.9 Å². The van der Waals surface area contributed by atoms with Crippen LogP contribution in [-0.4, -0.2) is 21.2 Å². The number of carbonyl (C=O) groups is 1. The summed E-state index contributed by atoms with van der Waals surface area (Å²) in [5, 5.41) is 10.7. The average molecular weight is 405 g/mol. The summed E-state index contributed by atoms with van der Waals surface area (Å²) in [6, 6.07) is 15.9. The predicted octanol–water partition coefficient (Wildman–Crippen LogP) is 4.76. The van der Waals surface area contributed by atoms with Crippen molar-refractivity contribution in [1.82, 2.24) is 15.2 Å². The van der Waals surface area contributed by atoms with E-state index in [0.29, 0.717) is 11.6 Å². The number of aromatic nitrogens is 3. The second kappa shape index (κ2) is 8.36. The van der Waals surface area contributed by atoms with E-state index in [1.807, 2.05) is 61.7 Å². The fraction of sp³-hybridized carbons (Fsp3) is 0.182. The van der Waals surface area contributed by atoms with Gasteiger partial charge in [-0.3, -0.25) is 4.79 Å². The minimum atomic E-state index is -0.388. The van der Waals surface area contributed by atoms with Gasteiger partial charge in [-0.1, -0.05) is 41.5 Å². The van der Waals surface area contributed by atoms with Crippen molar-refractivity contribution < 1.29 is 13.9 Å². The lowest BCUT2D eigenvalue weighted by atomic mass is 10.1. The maximum atomic E-state index is 12.2. The van der Waals surface area contributed by atoms with Gasteiger partial charge >= 0.3 is 5.97 Å². The molecular weight excluding hydrogens is 386 g/mol. The minimum Gasteiger partial charge on any atom is -0.455 e. The van der Waals surface area contributed by atoms with Crippen LogP contribution in [0.5, 0.6) is 0 Å². The number of thiazole rings is 1. The van der Waals surface area contributed by atoms with E-state index in [9.17, 15) is 4.79 Å². The van der Waals surface area contributed by atoms with Gasteiger partial charge in [0.1, 0.15) is 5.01 Å². The molecule has 0 amide bonds. The molecule has 0 unspecified atom stereocenters. The summed E-state index contributed by atoms with van der Waals surface area (Å²) in [4.78, 5) is 16.7. The van der Waals surface area contributed by atoms with Gasteiger partial charge in [0.2, 0.25) is 5.89 Å². The van der Waals surface area contributed by atoms with Crippen LogP contribution in [0.2, 0.25) is 0 Å². The number of ether oxygens (including phenoxy) is 1. The summed E-state index contributed by atoms with van der Waals surface area (Å²) in [5.74, 6) is 0.275. The highest BCUT2D eigenvalue weighted by Gasteiger charge is 2.13. The summed E-state index contributed by atoms with van der Waals surface area (Å²) >= 11 is 1.51. The molecule has 2 aromatic carbocycles. The smallest absolute Gasteiger partial charge is 0.312 e. The number of aryl methyl sites for hydroxylation is 2. The van der Waals surface area contributed by atoms with Crippen molar-refractivity contribution in [2.45, 2.75) is 26.9 Å². The van der Waals surface area contributed by atoms with Crippen molar-refractivity contribution in [1.29, 1.82) is 0 Å². The van der Waals surface area contributed by atoms with Crippen LogP contribution < -0.4 is 0 Å². The summed E-state index contributed by atoms with van der Waals surface area (Å²) in [7, 11) is 0. The first kappa shape index (κ1) is 19.0. The van der Waals surface area contributed by atoms with Crippen LogP contribution in [0.15, 0.2) is 58.3 Å². The molecule has 2 heterocycles. The molecule has 6 nitrogen and oxygen atoms in total. The molecule has 0 aliphatic heterocycles. The summed E-state index contributed by atoms with van der Waals surface area (Å²) in [6.07, 6.45) is 0.0984. The Bertz CT molecular complexity index is 1150. The number of esters is 1. The SMILES string of the molecule is Cc1cccc(-c2nnc(COC(=O)Cc3csc(-c4cccc(C)c4)n3)o2)c1. The van der Waals surface area contributed by atoms with Crippen LogP contribution >= 0.6 is 11.3 Å². The van der Waals surface area contributed by atoms with Gasteiger partial charge in [-0.15, -0.1) is 21.5 Å². The lowest BCUT2D eigenvalue weighted by molar-refractivity contribution is -0.144. The highest BCUT2D eigenvalue weighted by atomic mass is 32.1. The number of hydrogen-bond acceptors (Lipinski definition) is 7. The van der Waals surface area contributed by atoms with E-state index in [2.05, 4.69) is 21.2 Å². The Morgan fingerprint density at radius 2 is 1.76 bits per heavy atom. The van der Waals surface area contributed by atoms with Gasteiger partial charge in [0.05, 0.1) is 12.1 Å². The lowest BCUT2D eigenvalue weighted by Gasteiger charge is -2.00. The first-order chi connectivity index (χ1) is 14.1. The van der Waals surface area contributed by atoms with Crippen molar-refractivity contribution >= 4 is 17.3 Å². The number of carbonyl (C=O) groups excluding carboxylic acids is 1. The molecule has 0 N–H and O–H groups in total. The molecule has 0 saturated heterocycles. The number of rotatable bonds is 6. The molecule has 0 atom stereocenters. The maximum Gasteiger partial charge on any atom is 0.312 e. The molecule has 7 heteroatoms. The number of benzene rings is 2. The number of nitrogens with zero attached hydrogens (tertiary/aromatic N) is 3. The van der Waals surface area contributed by atoms with E-state index in [1.54, 1.807) is 0 Å². The van der Waals surface area contributed by atoms with Crippen LogP contribution in [0.4, 0.5) is 0 Å². The van der Waals surface area contributed by atoms with Crippen LogP contribution in [0.3, 0.4) is 0 Å².